The molecule has 5 heteroatoms. The Kier molecular flexibility index (Phi) is 4.06. The van der Waals surface area contributed by atoms with Gasteiger partial charge in [0.15, 0.2) is 0 Å². The topological polar surface area (TPSA) is 70.0 Å². The van der Waals surface area contributed by atoms with Crippen molar-refractivity contribution in [2.45, 2.75) is 11.3 Å². The first-order valence-electron chi connectivity index (χ1n) is 4.36. The maximum atomic E-state index is 11.5. The quantitative estimate of drug-likeness (QED) is 0.729. The van der Waals surface area contributed by atoms with Gasteiger partial charge in [-0.2, -0.15) is 0 Å². The van der Waals surface area contributed by atoms with E-state index in [1.807, 2.05) is 0 Å². The number of sulfonamides is 1. The number of hydrogen-bond acceptors (Lipinski definition) is 2. The molecule has 0 unspecified atom stereocenters. The lowest BCUT2D eigenvalue weighted by molar-refractivity contribution is 0.579. The largest absolute Gasteiger partial charge is 0.258 e. The van der Waals surface area contributed by atoms with Crippen molar-refractivity contribution in [1.82, 2.24) is 10.5 Å². The molecule has 0 aliphatic rings. The highest BCUT2D eigenvalue weighted by atomic mass is 32.2. The third-order valence-electron chi connectivity index (χ3n) is 1.70. The molecule has 1 aromatic carbocycles. The van der Waals surface area contributed by atoms with Crippen LogP contribution in [-0.4, -0.2) is 21.5 Å². The van der Waals surface area contributed by atoms with Crippen LogP contribution in [0.5, 0.6) is 0 Å². The normalized spacial score (nSPS) is 11.5. The zero-order chi connectivity index (χ0) is 10.4. The summed E-state index contributed by atoms with van der Waals surface area (Å²) >= 11 is 0. The number of rotatable bonds is 5. The van der Waals surface area contributed by atoms with Crippen LogP contribution in [0.4, 0.5) is 0 Å². The van der Waals surface area contributed by atoms with E-state index in [0.717, 1.165) is 0 Å². The van der Waals surface area contributed by atoms with E-state index in [-0.39, 0.29) is 11.4 Å². The highest BCUT2D eigenvalue weighted by molar-refractivity contribution is 7.89. The molecule has 1 radical (unpaired) electrons. The summed E-state index contributed by atoms with van der Waals surface area (Å²) < 4.78 is 25.5. The van der Waals surface area contributed by atoms with Crippen LogP contribution >= 0.6 is 0 Å². The van der Waals surface area contributed by atoms with Crippen molar-refractivity contribution >= 4 is 10.0 Å². The van der Waals surface area contributed by atoms with Crippen LogP contribution in [0, 0.1) is 0 Å². The average Bonchev–Trinajstić information content (AvgIpc) is 2.19. The first kappa shape index (κ1) is 11.2. The second-order valence-electron chi connectivity index (χ2n) is 2.81. The van der Waals surface area contributed by atoms with E-state index in [9.17, 15) is 8.42 Å². The SMILES string of the molecule is [NH]CCCNS(=O)(=O)c1ccccc1. The Bertz CT molecular complexity index is 362. The van der Waals surface area contributed by atoms with Crippen LogP contribution in [0.2, 0.25) is 0 Å². The van der Waals surface area contributed by atoms with E-state index in [2.05, 4.69) is 4.72 Å². The van der Waals surface area contributed by atoms with Gasteiger partial charge in [0.05, 0.1) is 4.90 Å². The van der Waals surface area contributed by atoms with Crippen LogP contribution in [0.15, 0.2) is 35.2 Å². The monoisotopic (exact) mass is 213 g/mol. The fourth-order valence-electron chi connectivity index (χ4n) is 0.978. The van der Waals surface area contributed by atoms with E-state index in [1.165, 1.54) is 0 Å². The van der Waals surface area contributed by atoms with Gasteiger partial charge in [-0.05, 0) is 18.6 Å². The Labute approximate surface area is 84.2 Å². The second kappa shape index (κ2) is 5.09. The average molecular weight is 213 g/mol. The van der Waals surface area contributed by atoms with Crippen molar-refractivity contribution in [2.75, 3.05) is 13.1 Å². The van der Waals surface area contributed by atoms with Crippen molar-refractivity contribution in [3.05, 3.63) is 30.3 Å². The van der Waals surface area contributed by atoms with E-state index in [4.69, 9.17) is 5.73 Å². The molecule has 0 aromatic heterocycles. The molecule has 4 nitrogen and oxygen atoms in total. The predicted molar refractivity (Wildman–Crippen MR) is 54.2 cm³/mol. The van der Waals surface area contributed by atoms with E-state index >= 15 is 0 Å². The van der Waals surface area contributed by atoms with Gasteiger partial charge in [0.25, 0.3) is 0 Å². The molecular formula is C9H13N2O2S. The Balaban J connectivity index is 2.67. The van der Waals surface area contributed by atoms with Gasteiger partial charge in [0.1, 0.15) is 0 Å². The molecule has 0 bridgehead atoms. The summed E-state index contributed by atoms with van der Waals surface area (Å²) in [6.07, 6.45) is 0.534. The van der Waals surface area contributed by atoms with Gasteiger partial charge in [-0.15, -0.1) is 0 Å². The molecule has 2 N–H and O–H groups in total. The first-order valence-corrected chi connectivity index (χ1v) is 5.84. The summed E-state index contributed by atoms with van der Waals surface area (Å²) in [4.78, 5) is 0.269. The molecule has 1 rings (SSSR count). The van der Waals surface area contributed by atoms with Gasteiger partial charge in [0, 0.05) is 13.1 Å². The smallest absolute Gasteiger partial charge is 0.240 e. The Morgan fingerprint density at radius 3 is 2.43 bits per heavy atom. The summed E-state index contributed by atoms with van der Waals surface area (Å²) in [5.41, 5.74) is 6.88. The molecule has 0 atom stereocenters. The van der Waals surface area contributed by atoms with Gasteiger partial charge < -0.3 is 0 Å². The molecule has 77 valence electrons. The second-order valence-corrected chi connectivity index (χ2v) is 4.58. The van der Waals surface area contributed by atoms with Crippen LogP contribution in [0.3, 0.4) is 0 Å². The minimum atomic E-state index is -3.37. The number of hydrogen-bond donors (Lipinski definition) is 1. The summed E-state index contributed by atoms with van der Waals surface area (Å²) in [7, 11) is -3.37. The summed E-state index contributed by atoms with van der Waals surface area (Å²) in [5, 5.41) is 0. The zero-order valence-electron chi connectivity index (χ0n) is 7.73. The summed E-state index contributed by atoms with van der Waals surface area (Å²) in [5.74, 6) is 0. The Morgan fingerprint density at radius 1 is 1.21 bits per heavy atom. The van der Waals surface area contributed by atoms with Crippen molar-refractivity contribution in [1.29, 1.82) is 0 Å². The molecule has 1 aromatic rings. The van der Waals surface area contributed by atoms with Crippen LogP contribution < -0.4 is 10.5 Å². The lowest BCUT2D eigenvalue weighted by Gasteiger charge is -2.04. The molecule has 0 aliphatic heterocycles. The predicted octanol–water partition coefficient (Wildman–Crippen LogP) is 0.638. The van der Waals surface area contributed by atoms with Crippen molar-refractivity contribution in [3.63, 3.8) is 0 Å². The maximum Gasteiger partial charge on any atom is 0.240 e. The van der Waals surface area contributed by atoms with E-state index < -0.39 is 10.0 Å². The van der Waals surface area contributed by atoms with Gasteiger partial charge >= 0.3 is 0 Å². The lowest BCUT2D eigenvalue weighted by Crippen LogP contribution is -2.25. The molecule has 0 saturated heterocycles. The molecular weight excluding hydrogens is 200 g/mol. The highest BCUT2D eigenvalue weighted by Crippen LogP contribution is 2.06. The van der Waals surface area contributed by atoms with Crippen LogP contribution in [-0.2, 0) is 10.0 Å². The fourth-order valence-corrected chi connectivity index (χ4v) is 2.07. The van der Waals surface area contributed by atoms with Crippen molar-refractivity contribution in [3.8, 4) is 0 Å². The van der Waals surface area contributed by atoms with Gasteiger partial charge in [-0.3, -0.25) is 5.73 Å². The molecule has 0 fully saturated rings. The van der Waals surface area contributed by atoms with E-state index in [1.54, 1.807) is 30.3 Å². The Hall–Kier alpha value is -0.910. The van der Waals surface area contributed by atoms with Gasteiger partial charge in [-0.1, -0.05) is 18.2 Å². The number of nitrogens with one attached hydrogen (secondary N) is 2. The number of benzene rings is 1. The molecule has 0 saturated carbocycles. The highest BCUT2D eigenvalue weighted by Gasteiger charge is 2.11. The third kappa shape index (κ3) is 3.10. The van der Waals surface area contributed by atoms with Gasteiger partial charge in [0.2, 0.25) is 10.0 Å². The molecule has 0 spiro atoms. The van der Waals surface area contributed by atoms with E-state index in [0.29, 0.717) is 13.0 Å². The third-order valence-corrected chi connectivity index (χ3v) is 3.18. The van der Waals surface area contributed by atoms with Crippen molar-refractivity contribution < 1.29 is 8.42 Å². The lowest BCUT2D eigenvalue weighted by atomic mass is 10.4. The molecule has 0 heterocycles. The first-order chi connectivity index (χ1) is 6.67. The van der Waals surface area contributed by atoms with Crippen LogP contribution in [0.25, 0.3) is 0 Å². The summed E-state index contributed by atoms with van der Waals surface area (Å²) in [6, 6.07) is 8.22. The molecule has 0 amide bonds. The molecule has 14 heavy (non-hydrogen) atoms. The minimum absolute atomic E-state index is 0.233. The molecule has 0 aliphatic carbocycles. The zero-order valence-corrected chi connectivity index (χ0v) is 8.55. The standard InChI is InChI=1S/C9H13N2O2S/c10-7-4-8-11-14(12,13)9-5-2-1-3-6-9/h1-3,5-6,10-11H,4,7-8H2. The van der Waals surface area contributed by atoms with Crippen LogP contribution in [0.1, 0.15) is 6.42 Å². The maximum absolute atomic E-state index is 11.5. The van der Waals surface area contributed by atoms with Crippen molar-refractivity contribution in [2.24, 2.45) is 0 Å². The minimum Gasteiger partial charge on any atom is -0.258 e. The Morgan fingerprint density at radius 2 is 1.86 bits per heavy atom. The van der Waals surface area contributed by atoms with Gasteiger partial charge in [-0.25, -0.2) is 13.1 Å². The summed E-state index contributed by atoms with van der Waals surface area (Å²) in [6.45, 7) is 0.554. The fraction of sp³-hybridized carbons (Fsp3) is 0.333.